The topological polar surface area (TPSA) is 501 Å². The molecule has 5 aromatic carbocycles. The maximum absolute atomic E-state index is 12.5. The van der Waals surface area contributed by atoms with Gasteiger partial charge < -0.3 is 14.9 Å². The summed E-state index contributed by atoms with van der Waals surface area (Å²) >= 11 is 1.78. The van der Waals surface area contributed by atoms with E-state index in [2.05, 4.69) is 40.7 Å². The molecule has 0 aliphatic heterocycles. The molecule has 0 radical (unpaired) electrons. The van der Waals surface area contributed by atoms with Gasteiger partial charge in [-0.1, -0.05) is 17.4 Å². The van der Waals surface area contributed by atoms with Crippen LogP contribution >= 0.6 is 23.1 Å². The standard InChI is InChI=1S/C45H40N10O18S7.O3S/c1-22-13-33(51-53-40-24(3)30(20-46)43-47-39-23(2)12-28(79(67,68)69)17-35(39)55(43)44(40)57)36(73-8-4-10-76(58,59)60)18-31(22)49-52-34-14-26(21-56)32(19-37(34)74-9-5-11-77(61,62)63)50-54-45-48-41-38(80(70,71)72)15-25-6-7-27(78(64,65)66)16-29(25)42(41)75-45;1-4(2)3/h6-7,12-19,56-57H,4-5,8-11,21H2,1-3H3,(H,58,59,60)(H,61,62,63)(H,64,65,66)(H,67,68,69)(H,70,71,72);. The summed E-state index contributed by atoms with van der Waals surface area (Å²) in [5, 5.41) is 58.3. The lowest BCUT2D eigenvalue weighted by Crippen LogP contribution is -2.08. The van der Waals surface area contributed by atoms with E-state index < -0.39 is 99.9 Å². The van der Waals surface area contributed by atoms with Crippen LogP contribution in [0.2, 0.25) is 0 Å². The molecule has 8 aromatic rings. The van der Waals surface area contributed by atoms with Gasteiger partial charge in [0, 0.05) is 27.5 Å². The molecular formula is C45H40N10O21S8. The molecule has 0 saturated carbocycles. The number of aliphatic hydroxyl groups excluding tert-OH is 1. The highest BCUT2D eigenvalue weighted by molar-refractivity contribution is 7.99. The minimum Gasteiger partial charge on any atom is -0.493 e. The first-order chi connectivity index (χ1) is 39.1. The Morgan fingerprint density at radius 2 is 1.32 bits per heavy atom. The largest absolute Gasteiger partial charge is 0.493 e. The summed E-state index contributed by atoms with van der Waals surface area (Å²) in [6, 6.07) is 14.1. The van der Waals surface area contributed by atoms with Crippen LogP contribution in [0.4, 0.5) is 33.6 Å². The number of ether oxygens (including phenoxy) is 1. The maximum atomic E-state index is 12.5. The molecule has 7 N–H and O–H groups in total. The Morgan fingerprint density at radius 1 is 0.690 bits per heavy atom. The summed E-state index contributed by atoms with van der Waals surface area (Å²) in [4.78, 5) is 7.26. The van der Waals surface area contributed by atoms with Gasteiger partial charge in [0.05, 0.1) is 67.3 Å². The molecule has 3 heterocycles. The summed E-state index contributed by atoms with van der Waals surface area (Å²) in [7, 11) is -26.3. The van der Waals surface area contributed by atoms with E-state index in [4.69, 9.17) is 17.4 Å². The van der Waals surface area contributed by atoms with E-state index in [0.29, 0.717) is 5.56 Å². The number of benzene rings is 5. The SMILES string of the molecule is Cc1cc(N=Nc2c(C)c(C#N)c3nc4c(C)cc(S(=O)(=O)O)cc4n3c2O)c(OCCCS(=O)(=O)O)cc1N=Nc1cc(CO)c(N=Nc2nc3c(S(=O)(=O)O)cc4ccc(S(=O)(=O)O)cc4c3s2)cc1SCCCS(=O)(=O)O.O=S(=O)=O. The molecular weight excluding hydrogens is 1270 g/mol. The number of hydrogen-bond donors (Lipinski definition) is 7. The molecule has 444 valence electrons. The number of aromatic nitrogens is 3. The second kappa shape index (κ2) is 25.0. The third kappa shape index (κ3) is 15.3. The van der Waals surface area contributed by atoms with Gasteiger partial charge in [0.1, 0.15) is 33.5 Å². The van der Waals surface area contributed by atoms with E-state index in [0.717, 1.165) is 57.8 Å². The van der Waals surface area contributed by atoms with Crippen LogP contribution in [0.5, 0.6) is 11.6 Å². The zero-order valence-corrected chi connectivity index (χ0v) is 49.3. The van der Waals surface area contributed by atoms with Crippen molar-refractivity contribution in [2.75, 3.05) is 23.9 Å². The van der Waals surface area contributed by atoms with Gasteiger partial charge >= 0.3 is 10.6 Å². The third-order valence-electron chi connectivity index (χ3n) is 11.7. The van der Waals surface area contributed by atoms with Gasteiger partial charge in [-0.3, -0.25) is 27.2 Å². The predicted molar refractivity (Wildman–Crippen MR) is 299 cm³/mol. The normalized spacial score (nSPS) is 12.8. The van der Waals surface area contributed by atoms with Crippen molar-refractivity contribution in [2.45, 2.75) is 59.8 Å². The first-order valence-electron chi connectivity index (χ1n) is 23.1. The fraction of sp³-hybridized carbons (Fsp3) is 0.222. The fourth-order valence-electron chi connectivity index (χ4n) is 7.92. The summed E-state index contributed by atoms with van der Waals surface area (Å²) < 4.78 is 200. The number of thiazole rings is 1. The van der Waals surface area contributed by atoms with E-state index in [9.17, 15) is 80.3 Å². The molecule has 8 rings (SSSR count). The van der Waals surface area contributed by atoms with Crippen LogP contribution in [0, 0.1) is 32.1 Å². The second-order valence-corrected chi connectivity index (χ2v) is 27.4. The van der Waals surface area contributed by atoms with Crippen molar-refractivity contribution in [3.63, 3.8) is 0 Å². The van der Waals surface area contributed by atoms with Gasteiger partial charge in [0.2, 0.25) is 11.0 Å². The van der Waals surface area contributed by atoms with Gasteiger partial charge in [-0.2, -0.15) is 52.5 Å². The van der Waals surface area contributed by atoms with Crippen LogP contribution < -0.4 is 4.74 Å². The summed E-state index contributed by atoms with van der Waals surface area (Å²) in [6.45, 7) is 3.52. The Kier molecular flexibility index (Phi) is 19.1. The first kappa shape index (κ1) is 64.1. The quantitative estimate of drug-likeness (QED) is 0.0163. The number of aliphatic hydroxyl groups is 1. The lowest BCUT2D eigenvalue weighted by Gasteiger charge is -2.12. The molecule has 39 heteroatoms. The second-order valence-electron chi connectivity index (χ2n) is 17.5. The summed E-state index contributed by atoms with van der Waals surface area (Å²) in [5.74, 6) is -1.96. The van der Waals surface area contributed by atoms with Gasteiger partial charge in [-0.25, -0.2) is 9.97 Å². The molecule has 84 heavy (non-hydrogen) atoms. The molecule has 0 amide bonds. The molecule has 0 unspecified atom stereocenters. The number of azo groups is 3. The van der Waals surface area contributed by atoms with Crippen molar-refractivity contribution in [3.05, 3.63) is 88.5 Å². The van der Waals surface area contributed by atoms with Crippen LogP contribution in [0.1, 0.15) is 40.7 Å². The average Bonchev–Trinajstić information content (AvgIpc) is 1.77. The minimum absolute atomic E-state index is 0.00298. The van der Waals surface area contributed by atoms with Crippen molar-refractivity contribution in [2.24, 2.45) is 30.7 Å². The van der Waals surface area contributed by atoms with Gasteiger partial charge in [-0.05, 0) is 104 Å². The maximum Gasteiger partial charge on any atom is 0.425 e. The Balaban J connectivity index is 0.00000245. The Labute approximate surface area is 485 Å². The number of aryl methyl sites for hydroxylation is 2. The highest BCUT2D eigenvalue weighted by Crippen LogP contribution is 2.44. The van der Waals surface area contributed by atoms with Crippen LogP contribution in [-0.4, -0.2) is 126 Å². The number of fused-ring (bicyclic) bond motifs is 6. The van der Waals surface area contributed by atoms with Crippen LogP contribution in [0.25, 0.3) is 37.7 Å². The Morgan fingerprint density at radius 3 is 1.94 bits per heavy atom. The van der Waals surface area contributed by atoms with Crippen molar-refractivity contribution in [3.8, 4) is 17.7 Å². The smallest absolute Gasteiger partial charge is 0.425 e. The van der Waals surface area contributed by atoms with E-state index in [-0.39, 0.29) is 129 Å². The first-order valence-corrected chi connectivity index (χ1v) is 33.4. The molecule has 0 fully saturated rings. The number of rotatable bonds is 20. The lowest BCUT2D eigenvalue weighted by molar-refractivity contribution is 0.282. The monoisotopic (exact) mass is 1310 g/mol. The highest BCUT2D eigenvalue weighted by Gasteiger charge is 2.26. The highest BCUT2D eigenvalue weighted by atomic mass is 32.2. The zero-order chi connectivity index (χ0) is 62.0. The van der Waals surface area contributed by atoms with Gasteiger partial charge in [0.15, 0.2) is 11.3 Å². The number of nitriles is 1. The van der Waals surface area contributed by atoms with E-state index in [1.165, 1.54) is 44.2 Å². The molecule has 0 atom stereocenters. The van der Waals surface area contributed by atoms with Gasteiger partial charge in [-0.15, -0.1) is 50.0 Å². The number of pyridine rings is 1. The van der Waals surface area contributed by atoms with Gasteiger partial charge in [0.25, 0.3) is 50.6 Å². The van der Waals surface area contributed by atoms with Crippen LogP contribution in [-0.2, 0) is 67.8 Å². The van der Waals surface area contributed by atoms with Crippen molar-refractivity contribution in [1.82, 2.24) is 14.4 Å². The number of nitrogens with zero attached hydrogens (tertiary/aromatic N) is 10. The summed E-state index contributed by atoms with van der Waals surface area (Å²) in [5.41, 5.74) is 0.397. The minimum atomic E-state index is -4.92. The van der Waals surface area contributed by atoms with Crippen molar-refractivity contribution in [1.29, 1.82) is 5.26 Å². The van der Waals surface area contributed by atoms with E-state index in [1.54, 1.807) is 6.92 Å². The third-order valence-corrected chi connectivity index (χ3v) is 17.9. The Hall–Kier alpha value is -7.43. The molecule has 0 aliphatic carbocycles. The number of hydrogen-bond acceptors (Lipinski definition) is 27. The molecule has 31 nitrogen and oxygen atoms in total. The molecule has 3 aromatic heterocycles. The molecule has 0 spiro atoms. The number of thioether (sulfide) groups is 1. The predicted octanol–water partition coefficient (Wildman–Crippen LogP) is 8.25. The fourth-order valence-corrected chi connectivity index (χ4v) is 12.8. The molecule has 0 bridgehead atoms. The lowest BCUT2D eigenvalue weighted by atomic mass is 10.1. The average molecular weight is 1310 g/mol. The number of aromatic hydroxyl groups is 1. The Bertz CT molecular complexity index is 4890. The molecule has 0 saturated heterocycles. The zero-order valence-electron chi connectivity index (χ0n) is 42.8. The van der Waals surface area contributed by atoms with Crippen LogP contribution in [0.3, 0.4) is 0 Å². The van der Waals surface area contributed by atoms with Crippen LogP contribution in [0.15, 0.2) is 111 Å². The van der Waals surface area contributed by atoms with E-state index in [1.807, 2.05) is 6.07 Å². The van der Waals surface area contributed by atoms with E-state index >= 15 is 0 Å². The summed E-state index contributed by atoms with van der Waals surface area (Å²) in [6.07, 6.45) is -0.274. The number of imidazole rings is 1. The molecule has 0 aliphatic rings. The van der Waals surface area contributed by atoms with Crippen molar-refractivity contribution < 1.29 is 92.4 Å². The van der Waals surface area contributed by atoms with Crippen molar-refractivity contribution >= 4 is 156 Å².